The van der Waals surface area contributed by atoms with E-state index in [0.29, 0.717) is 24.8 Å². The van der Waals surface area contributed by atoms with E-state index in [4.69, 9.17) is 0 Å². The molecular weight excluding hydrogens is 254 g/mol. The number of aliphatic carboxylic acids is 1. The van der Waals surface area contributed by atoms with Crippen molar-refractivity contribution in [1.82, 2.24) is 4.90 Å². The highest BCUT2D eigenvalue weighted by Crippen LogP contribution is 2.69. The third-order valence-electron chi connectivity index (χ3n) is 6.54. The minimum atomic E-state index is -0.758. The maximum Gasteiger partial charge on any atom is 0.311 e. The third kappa shape index (κ3) is 1.60. The first-order valence-corrected chi connectivity index (χ1v) is 8.03. The Bertz CT molecular complexity index is 460. The van der Waals surface area contributed by atoms with E-state index >= 15 is 0 Å². The first-order valence-electron chi connectivity index (χ1n) is 8.03. The number of carbonyl (C=O) groups excluding carboxylic acids is 1. The summed E-state index contributed by atoms with van der Waals surface area (Å²) in [5.41, 5.74) is -0.739. The van der Waals surface area contributed by atoms with E-state index in [1.165, 1.54) is 19.3 Å². The van der Waals surface area contributed by atoms with Crippen molar-refractivity contribution in [3.63, 3.8) is 0 Å². The zero-order chi connectivity index (χ0) is 14.1. The average molecular weight is 277 g/mol. The van der Waals surface area contributed by atoms with Crippen LogP contribution < -0.4 is 0 Å². The van der Waals surface area contributed by atoms with Gasteiger partial charge < -0.3 is 10.0 Å². The summed E-state index contributed by atoms with van der Waals surface area (Å²) in [5, 5.41) is 9.37. The molecule has 0 aromatic rings. The van der Waals surface area contributed by atoms with E-state index < -0.39 is 11.4 Å². The molecule has 4 fully saturated rings. The van der Waals surface area contributed by atoms with Crippen molar-refractivity contribution in [2.75, 3.05) is 13.1 Å². The second-order valence-electron chi connectivity index (χ2n) is 7.74. The molecule has 1 heterocycles. The van der Waals surface area contributed by atoms with Gasteiger partial charge in [-0.25, -0.2) is 0 Å². The summed E-state index contributed by atoms with van der Waals surface area (Å²) in [4.78, 5) is 26.0. The van der Waals surface area contributed by atoms with E-state index in [0.717, 1.165) is 24.8 Å². The van der Waals surface area contributed by atoms with Crippen molar-refractivity contribution in [3.8, 4) is 0 Å². The van der Waals surface area contributed by atoms with Gasteiger partial charge in [-0.1, -0.05) is 0 Å². The van der Waals surface area contributed by atoms with Gasteiger partial charge in [0.1, 0.15) is 0 Å². The second-order valence-corrected chi connectivity index (χ2v) is 7.74. The number of nitrogens with zero attached hydrogens (tertiary/aromatic N) is 1. The van der Waals surface area contributed by atoms with Crippen LogP contribution in [0.2, 0.25) is 0 Å². The Balaban J connectivity index is 1.46. The van der Waals surface area contributed by atoms with Crippen molar-refractivity contribution in [2.24, 2.45) is 35.0 Å². The number of fused-ring (bicyclic) bond motifs is 5. The Morgan fingerprint density at radius 2 is 1.85 bits per heavy atom. The van der Waals surface area contributed by atoms with E-state index in [1.54, 1.807) is 6.92 Å². The van der Waals surface area contributed by atoms with Gasteiger partial charge in [0.25, 0.3) is 0 Å². The second kappa shape index (κ2) is 3.99. The lowest BCUT2D eigenvalue weighted by Gasteiger charge is -2.38. The zero-order valence-corrected chi connectivity index (χ0v) is 12.0. The summed E-state index contributed by atoms with van der Waals surface area (Å²) in [6.45, 7) is 2.95. The predicted molar refractivity (Wildman–Crippen MR) is 72.9 cm³/mol. The molecule has 2 bridgehead atoms. The molecule has 4 nitrogen and oxygen atoms in total. The molecule has 4 aliphatic rings. The number of piperidine rings is 1. The lowest BCUT2D eigenvalue weighted by molar-refractivity contribution is -0.154. The van der Waals surface area contributed by atoms with Crippen LogP contribution in [0.5, 0.6) is 0 Å². The lowest BCUT2D eigenvalue weighted by atomic mass is 9.82. The van der Waals surface area contributed by atoms with Crippen LogP contribution in [-0.2, 0) is 9.59 Å². The minimum absolute atomic E-state index is 0.248. The number of amides is 1. The summed E-state index contributed by atoms with van der Waals surface area (Å²) in [5.74, 6) is 2.66. The number of rotatable bonds is 2. The Labute approximate surface area is 119 Å². The number of carbonyl (C=O) groups is 2. The highest BCUT2D eigenvalue weighted by molar-refractivity contribution is 5.84. The van der Waals surface area contributed by atoms with Crippen LogP contribution in [-0.4, -0.2) is 35.0 Å². The van der Waals surface area contributed by atoms with Crippen LogP contribution >= 0.6 is 0 Å². The molecule has 5 atom stereocenters. The maximum atomic E-state index is 12.7. The molecule has 1 saturated heterocycles. The summed E-state index contributed by atoms with van der Waals surface area (Å²) in [6, 6.07) is 0. The van der Waals surface area contributed by atoms with E-state index in [9.17, 15) is 14.7 Å². The molecule has 1 amide bonds. The SMILES string of the molecule is CC1(C(=O)O)CCCN(C(=O)C2C3C4CCC(C4)C23)C1. The van der Waals surface area contributed by atoms with Crippen LogP contribution in [0.25, 0.3) is 0 Å². The van der Waals surface area contributed by atoms with Gasteiger partial charge in [-0.3, -0.25) is 9.59 Å². The molecule has 3 aliphatic carbocycles. The Morgan fingerprint density at radius 1 is 1.20 bits per heavy atom. The summed E-state index contributed by atoms with van der Waals surface area (Å²) >= 11 is 0. The molecule has 5 unspecified atom stereocenters. The van der Waals surface area contributed by atoms with Gasteiger partial charge in [-0.2, -0.15) is 0 Å². The molecule has 0 radical (unpaired) electrons. The summed E-state index contributed by atoms with van der Waals surface area (Å²) in [6.07, 6.45) is 5.51. The molecule has 4 rings (SSSR count). The van der Waals surface area contributed by atoms with Gasteiger partial charge in [0, 0.05) is 19.0 Å². The van der Waals surface area contributed by atoms with E-state index in [2.05, 4.69) is 0 Å². The quantitative estimate of drug-likeness (QED) is 0.840. The molecule has 20 heavy (non-hydrogen) atoms. The van der Waals surface area contributed by atoms with Crippen LogP contribution in [0.4, 0.5) is 0 Å². The van der Waals surface area contributed by atoms with Crippen LogP contribution in [0.1, 0.15) is 39.0 Å². The predicted octanol–water partition coefficient (Wildman–Crippen LogP) is 1.99. The Hall–Kier alpha value is -1.06. The fourth-order valence-electron chi connectivity index (χ4n) is 5.47. The summed E-state index contributed by atoms with van der Waals surface area (Å²) < 4.78 is 0. The normalized spacial score (nSPS) is 49.0. The van der Waals surface area contributed by atoms with Crippen LogP contribution in [0.15, 0.2) is 0 Å². The Morgan fingerprint density at radius 3 is 2.45 bits per heavy atom. The van der Waals surface area contributed by atoms with Crippen molar-refractivity contribution < 1.29 is 14.7 Å². The Kier molecular flexibility index (Phi) is 2.52. The standard InChI is InChI=1S/C16H23NO3/c1-16(15(19)20)5-2-6-17(8-16)14(18)13-11-9-3-4-10(7-9)12(11)13/h9-13H,2-8H2,1H3,(H,19,20). The molecule has 0 aromatic heterocycles. The fourth-order valence-corrected chi connectivity index (χ4v) is 5.47. The molecule has 1 aliphatic heterocycles. The molecule has 0 aromatic carbocycles. The molecule has 0 spiro atoms. The van der Waals surface area contributed by atoms with E-state index in [1.807, 2.05) is 4.90 Å². The molecule has 4 heteroatoms. The largest absolute Gasteiger partial charge is 0.481 e. The number of hydrogen-bond acceptors (Lipinski definition) is 2. The summed E-state index contributed by atoms with van der Waals surface area (Å²) in [7, 11) is 0. The third-order valence-corrected chi connectivity index (χ3v) is 6.54. The van der Waals surface area contributed by atoms with E-state index in [-0.39, 0.29) is 11.8 Å². The number of carboxylic acids is 1. The van der Waals surface area contributed by atoms with Crippen LogP contribution in [0, 0.1) is 35.0 Å². The van der Waals surface area contributed by atoms with Gasteiger partial charge in [0.05, 0.1) is 5.41 Å². The number of carboxylic acid groups (broad SMARTS) is 1. The van der Waals surface area contributed by atoms with Gasteiger partial charge in [0.2, 0.25) is 5.91 Å². The first-order chi connectivity index (χ1) is 9.51. The average Bonchev–Trinajstić information content (AvgIpc) is 2.85. The highest BCUT2D eigenvalue weighted by Gasteiger charge is 2.68. The molecule has 3 saturated carbocycles. The molecule has 110 valence electrons. The highest BCUT2D eigenvalue weighted by atomic mass is 16.4. The van der Waals surface area contributed by atoms with Gasteiger partial charge >= 0.3 is 5.97 Å². The van der Waals surface area contributed by atoms with Gasteiger partial charge in [-0.15, -0.1) is 0 Å². The monoisotopic (exact) mass is 277 g/mol. The van der Waals surface area contributed by atoms with Crippen molar-refractivity contribution in [1.29, 1.82) is 0 Å². The minimum Gasteiger partial charge on any atom is -0.481 e. The topological polar surface area (TPSA) is 57.6 Å². The smallest absolute Gasteiger partial charge is 0.311 e. The zero-order valence-electron chi connectivity index (χ0n) is 12.0. The van der Waals surface area contributed by atoms with Gasteiger partial charge in [-0.05, 0) is 62.7 Å². The molecule has 1 N–H and O–H groups in total. The van der Waals surface area contributed by atoms with Crippen molar-refractivity contribution >= 4 is 11.9 Å². The van der Waals surface area contributed by atoms with Crippen LogP contribution in [0.3, 0.4) is 0 Å². The van der Waals surface area contributed by atoms with Crippen molar-refractivity contribution in [3.05, 3.63) is 0 Å². The maximum absolute atomic E-state index is 12.7. The van der Waals surface area contributed by atoms with Crippen molar-refractivity contribution in [2.45, 2.75) is 39.0 Å². The fraction of sp³-hybridized carbons (Fsp3) is 0.875. The molecular formula is C16H23NO3. The first kappa shape index (κ1) is 12.7. The van der Waals surface area contributed by atoms with Gasteiger partial charge in [0.15, 0.2) is 0 Å². The lowest BCUT2D eigenvalue weighted by Crippen LogP contribution is -2.49. The number of likely N-dealkylation sites (tertiary alicyclic amines) is 1. The number of hydrogen-bond donors (Lipinski definition) is 1.